The van der Waals surface area contributed by atoms with Gasteiger partial charge in [-0.1, -0.05) is 48.2 Å². The van der Waals surface area contributed by atoms with E-state index in [2.05, 4.69) is 15.5 Å². The van der Waals surface area contributed by atoms with Crippen LogP contribution in [-0.4, -0.2) is 40.9 Å². The summed E-state index contributed by atoms with van der Waals surface area (Å²) in [7, 11) is 0. The van der Waals surface area contributed by atoms with E-state index in [1.54, 1.807) is 11.6 Å². The van der Waals surface area contributed by atoms with E-state index in [4.69, 9.17) is 5.73 Å². The van der Waals surface area contributed by atoms with E-state index in [0.717, 1.165) is 38.7 Å². The summed E-state index contributed by atoms with van der Waals surface area (Å²) in [4.78, 5) is 39.1. The minimum absolute atomic E-state index is 0.116. The predicted octanol–water partition coefficient (Wildman–Crippen LogP) is 2.23. The third-order valence-corrected chi connectivity index (χ3v) is 6.39. The summed E-state index contributed by atoms with van der Waals surface area (Å²) >= 11 is 1.09. The number of nitrogen functional groups attached to an aromatic ring is 1. The summed E-state index contributed by atoms with van der Waals surface area (Å²) in [6.07, 6.45) is 0. The maximum Gasteiger partial charge on any atom is 0.332 e. The molecule has 2 aromatic carbocycles. The van der Waals surface area contributed by atoms with E-state index in [0.29, 0.717) is 5.16 Å². The number of nitrogens with zero attached hydrogens (tertiary/aromatic N) is 6. The number of aryl methyl sites for hydroxylation is 2. The Morgan fingerprint density at radius 1 is 1.03 bits per heavy atom. The average molecular weight is 492 g/mol. The van der Waals surface area contributed by atoms with Crippen LogP contribution < -0.4 is 17.0 Å². The van der Waals surface area contributed by atoms with E-state index in [1.165, 1.54) is 4.57 Å². The van der Waals surface area contributed by atoms with Crippen molar-refractivity contribution >= 4 is 23.4 Å². The number of anilines is 1. The first-order valence-electron chi connectivity index (χ1n) is 11.0. The van der Waals surface area contributed by atoms with Crippen LogP contribution in [0.5, 0.6) is 0 Å². The smallest absolute Gasteiger partial charge is 0.332 e. The summed E-state index contributed by atoms with van der Waals surface area (Å²) in [6.45, 7) is 5.88. The highest BCUT2D eigenvalue weighted by atomic mass is 32.2. The van der Waals surface area contributed by atoms with Crippen molar-refractivity contribution in [3.05, 3.63) is 91.6 Å². The summed E-state index contributed by atoms with van der Waals surface area (Å²) in [6, 6.07) is 15.1. The van der Waals surface area contributed by atoms with Crippen molar-refractivity contribution in [3.8, 4) is 5.69 Å². The number of thioether (sulfide) groups is 1. The lowest BCUT2D eigenvalue weighted by Crippen LogP contribution is -2.44. The molecule has 11 heteroatoms. The Kier molecular flexibility index (Phi) is 6.97. The minimum atomic E-state index is -0.696. The van der Waals surface area contributed by atoms with Crippen molar-refractivity contribution < 1.29 is 4.79 Å². The molecule has 0 unspecified atom stereocenters. The molecule has 0 spiro atoms. The molecule has 0 aliphatic heterocycles. The second-order valence-electron chi connectivity index (χ2n) is 8.09. The molecular weight excluding hydrogens is 466 g/mol. The Hall–Kier alpha value is -3.99. The first-order valence-corrected chi connectivity index (χ1v) is 12.0. The molecule has 0 aliphatic carbocycles. The normalized spacial score (nSPS) is 11.1. The van der Waals surface area contributed by atoms with Gasteiger partial charge in [0.15, 0.2) is 5.78 Å². The number of carbonyl (C=O) groups excluding carboxylic acids is 1. The fourth-order valence-corrected chi connectivity index (χ4v) is 4.64. The predicted molar refractivity (Wildman–Crippen MR) is 134 cm³/mol. The topological polar surface area (TPSA) is 131 Å². The average Bonchev–Trinajstić information content (AvgIpc) is 3.30. The zero-order chi connectivity index (χ0) is 25.1. The zero-order valence-electron chi connectivity index (χ0n) is 19.6. The maximum absolute atomic E-state index is 13.2. The van der Waals surface area contributed by atoms with Gasteiger partial charge in [-0.25, -0.2) is 4.79 Å². The quantitative estimate of drug-likeness (QED) is 0.293. The van der Waals surface area contributed by atoms with Gasteiger partial charge in [-0.15, -0.1) is 5.10 Å². The van der Waals surface area contributed by atoms with Crippen LogP contribution >= 0.6 is 11.8 Å². The Bertz CT molecular complexity index is 1490. The van der Waals surface area contributed by atoms with E-state index in [-0.39, 0.29) is 30.2 Å². The van der Waals surface area contributed by atoms with Gasteiger partial charge in [0.1, 0.15) is 11.4 Å². The van der Waals surface area contributed by atoms with Gasteiger partial charge in [-0.2, -0.15) is 4.68 Å². The van der Waals surface area contributed by atoms with Crippen molar-refractivity contribution in [1.82, 2.24) is 29.3 Å². The van der Waals surface area contributed by atoms with Crippen molar-refractivity contribution in [2.75, 3.05) is 11.5 Å². The SMILES string of the molecule is CCn1c(=O)c(C(=O)CSc2nnnn2-c2cc(C)cc(C)c2)c(N)n(Cc2ccccc2)c1=O. The molecule has 0 bridgehead atoms. The number of Topliss-reactive ketones (excluding diaryl/α,β-unsaturated/α-hetero) is 1. The third-order valence-electron chi connectivity index (χ3n) is 5.47. The molecule has 4 rings (SSSR count). The summed E-state index contributed by atoms with van der Waals surface area (Å²) < 4.78 is 3.83. The number of nitrogens with two attached hydrogens (primary N) is 1. The van der Waals surface area contributed by atoms with E-state index in [9.17, 15) is 14.4 Å². The molecule has 10 nitrogen and oxygen atoms in total. The van der Waals surface area contributed by atoms with Crippen molar-refractivity contribution in [2.24, 2.45) is 0 Å². The molecule has 0 amide bonds. The first kappa shape index (κ1) is 24.1. The van der Waals surface area contributed by atoms with Crippen molar-refractivity contribution in [2.45, 2.75) is 39.0 Å². The minimum Gasteiger partial charge on any atom is -0.384 e. The molecule has 0 saturated carbocycles. The number of hydrogen-bond acceptors (Lipinski definition) is 8. The van der Waals surface area contributed by atoms with Crippen LogP contribution in [0.2, 0.25) is 0 Å². The number of aromatic nitrogens is 6. The molecule has 0 fully saturated rings. The van der Waals surface area contributed by atoms with Crippen molar-refractivity contribution in [1.29, 1.82) is 0 Å². The van der Waals surface area contributed by atoms with Crippen LogP contribution in [0.1, 0.15) is 34.0 Å². The largest absolute Gasteiger partial charge is 0.384 e. The van der Waals surface area contributed by atoms with E-state index < -0.39 is 17.0 Å². The van der Waals surface area contributed by atoms with E-state index >= 15 is 0 Å². The first-order chi connectivity index (χ1) is 16.8. The van der Waals surface area contributed by atoms with Gasteiger partial charge in [0.2, 0.25) is 5.16 Å². The van der Waals surface area contributed by atoms with Gasteiger partial charge < -0.3 is 5.73 Å². The molecule has 0 aliphatic rings. The third kappa shape index (κ3) is 4.94. The van der Waals surface area contributed by atoms with Gasteiger partial charge in [-0.05, 0) is 60.0 Å². The standard InChI is InChI=1S/C24H25N7O3S/c1-4-29-22(33)20(21(25)30(24(29)34)13-17-8-6-5-7-9-17)19(32)14-35-23-26-27-28-31(23)18-11-15(2)10-16(3)12-18/h5-12H,4,13-14,25H2,1-3H3. The highest BCUT2D eigenvalue weighted by Crippen LogP contribution is 2.21. The maximum atomic E-state index is 13.2. The van der Waals surface area contributed by atoms with Crippen LogP contribution in [0.15, 0.2) is 63.3 Å². The van der Waals surface area contributed by atoms with Crippen LogP contribution in [0.25, 0.3) is 5.69 Å². The second-order valence-corrected chi connectivity index (χ2v) is 9.04. The Labute approximate surface area is 205 Å². The Morgan fingerprint density at radius 3 is 2.37 bits per heavy atom. The monoisotopic (exact) mass is 491 g/mol. The fraction of sp³-hybridized carbons (Fsp3) is 0.250. The molecule has 4 aromatic rings. The van der Waals surface area contributed by atoms with Gasteiger partial charge in [0, 0.05) is 6.54 Å². The number of tetrazole rings is 1. The summed E-state index contributed by atoms with van der Waals surface area (Å²) in [5.74, 6) is -0.776. The molecular formula is C24H25N7O3S. The molecule has 180 valence electrons. The van der Waals surface area contributed by atoms with Gasteiger partial charge in [-0.3, -0.25) is 18.7 Å². The number of hydrogen-bond donors (Lipinski definition) is 1. The van der Waals surface area contributed by atoms with Crippen LogP contribution in [0.3, 0.4) is 0 Å². The Balaban J connectivity index is 1.66. The number of rotatable bonds is 8. The van der Waals surface area contributed by atoms with Crippen LogP contribution in [0, 0.1) is 13.8 Å². The molecule has 35 heavy (non-hydrogen) atoms. The number of carbonyl (C=O) groups is 1. The molecule has 0 radical (unpaired) electrons. The highest BCUT2D eigenvalue weighted by molar-refractivity contribution is 7.99. The van der Waals surface area contributed by atoms with Gasteiger partial charge >= 0.3 is 5.69 Å². The second kappa shape index (κ2) is 10.1. The number of benzene rings is 2. The molecule has 2 N–H and O–H groups in total. The zero-order valence-corrected chi connectivity index (χ0v) is 20.5. The molecule has 2 heterocycles. The van der Waals surface area contributed by atoms with Gasteiger partial charge in [0.25, 0.3) is 5.56 Å². The molecule has 2 aromatic heterocycles. The lowest BCUT2D eigenvalue weighted by Gasteiger charge is -2.15. The number of ketones is 1. The summed E-state index contributed by atoms with van der Waals surface area (Å²) in [5, 5.41) is 12.2. The van der Waals surface area contributed by atoms with Crippen molar-refractivity contribution in [3.63, 3.8) is 0 Å². The Morgan fingerprint density at radius 2 is 1.71 bits per heavy atom. The van der Waals surface area contributed by atoms with Crippen LogP contribution in [-0.2, 0) is 13.1 Å². The lowest BCUT2D eigenvalue weighted by atomic mass is 10.1. The summed E-state index contributed by atoms with van der Waals surface area (Å²) in [5.41, 5.74) is 8.47. The van der Waals surface area contributed by atoms with Crippen LogP contribution in [0.4, 0.5) is 5.82 Å². The van der Waals surface area contributed by atoms with E-state index in [1.807, 2.05) is 62.4 Å². The lowest BCUT2D eigenvalue weighted by molar-refractivity contribution is 0.102. The molecule has 0 saturated heterocycles. The fourth-order valence-electron chi connectivity index (χ4n) is 3.88. The van der Waals surface area contributed by atoms with Gasteiger partial charge in [0.05, 0.1) is 18.0 Å². The molecule has 0 atom stereocenters. The highest BCUT2D eigenvalue weighted by Gasteiger charge is 2.23.